The SMILES string of the molecule is CS(=O)(=O)Cc1coc2c(N)cccc12. The summed E-state index contributed by atoms with van der Waals surface area (Å²) in [5, 5.41) is 0.764. The van der Waals surface area contributed by atoms with Crippen molar-refractivity contribution in [3.63, 3.8) is 0 Å². The van der Waals surface area contributed by atoms with Crippen LogP contribution in [0.15, 0.2) is 28.9 Å². The van der Waals surface area contributed by atoms with Crippen molar-refractivity contribution in [1.29, 1.82) is 0 Å². The van der Waals surface area contributed by atoms with Gasteiger partial charge in [-0.05, 0) is 6.07 Å². The zero-order valence-corrected chi connectivity index (χ0v) is 9.04. The Bertz CT molecular complexity index is 598. The van der Waals surface area contributed by atoms with Crippen molar-refractivity contribution in [1.82, 2.24) is 0 Å². The van der Waals surface area contributed by atoms with Crippen molar-refractivity contribution >= 4 is 26.5 Å². The van der Waals surface area contributed by atoms with Crippen LogP contribution < -0.4 is 5.73 Å². The molecule has 1 aromatic heterocycles. The lowest BCUT2D eigenvalue weighted by Crippen LogP contribution is -1.99. The third-order valence-corrected chi connectivity index (χ3v) is 2.96. The molecular formula is C10H11NO3S. The summed E-state index contributed by atoms with van der Waals surface area (Å²) in [6, 6.07) is 5.30. The number of benzene rings is 1. The Balaban J connectivity index is 2.60. The van der Waals surface area contributed by atoms with Gasteiger partial charge < -0.3 is 10.2 Å². The monoisotopic (exact) mass is 225 g/mol. The number of sulfone groups is 1. The quantitative estimate of drug-likeness (QED) is 0.787. The number of furan rings is 1. The number of fused-ring (bicyclic) bond motifs is 1. The maximum Gasteiger partial charge on any atom is 0.157 e. The highest BCUT2D eigenvalue weighted by Crippen LogP contribution is 2.26. The molecule has 80 valence electrons. The van der Waals surface area contributed by atoms with Gasteiger partial charge in [-0.3, -0.25) is 0 Å². The molecule has 4 nitrogen and oxygen atoms in total. The number of rotatable bonds is 2. The van der Waals surface area contributed by atoms with Gasteiger partial charge in [0.25, 0.3) is 0 Å². The molecule has 0 radical (unpaired) electrons. The van der Waals surface area contributed by atoms with E-state index in [2.05, 4.69) is 0 Å². The zero-order valence-electron chi connectivity index (χ0n) is 8.23. The summed E-state index contributed by atoms with van der Waals surface area (Å²) in [5.41, 5.74) is 7.42. The van der Waals surface area contributed by atoms with Gasteiger partial charge in [-0.15, -0.1) is 0 Å². The van der Waals surface area contributed by atoms with Crippen LogP contribution in [0.3, 0.4) is 0 Å². The third-order valence-electron chi connectivity index (χ3n) is 2.13. The minimum Gasteiger partial charge on any atom is -0.462 e. The highest BCUT2D eigenvalue weighted by Gasteiger charge is 2.12. The Hall–Kier alpha value is -1.49. The molecule has 0 bridgehead atoms. The van der Waals surface area contributed by atoms with E-state index in [1.165, 1.54) is 12.5 Å². The van der Waals surface area contributed by atoms with Crippen LogP contribution >= 0.6 is 0 Å². The van der Waals surface area contributed by atoms with Crippen molar-refractivity contribution in [3.05, 3.63) is 30.0 Å². The minimum absolute atomic E-state index is 0.0244. The second kappa shape index (κ2) is 3.27. The lowest BCUT2D eigenvalue weighted by molar-refractivity contribution is 0.596. The molecule has 0 fully saturated rings. The van der Waals surface area contributed by atoms with Crippen molar-refractivity contribution in [3.8, 4) is 0 Å². The number of para-hydroxylation sites is 1. The van der Waals surface area contributed by atoms with E-state index in [4.69, 9.17) is 10.2 Å². The van der Waals surface area contributed by atoms with E-state index in [1.54, 1.807) is 18.2 Å². The van der Waals surface area contributed by atoms with Crippen LogP contribution in [-0.2, 0) is 15.6 Å². The summed E-state index contributed by atoms with van der Waals surface area (Å²) in [4.78, 5) is 0. The van der Waals surface area contributed by atoms with Crippen molar-refractivity contribution in [2.75, 3.05) is 12.0 Å². The Morgan fingerprint density at radius 1 is 1.40 bits per heavy atom. The molecule has 15 heavy (non-hydrogen) atoms. The molecule has 0 amide bonds. The number of anilines is 1. The van der Waals surface area contributed by atoms with Gasteiger partial charge in [0.15, 0.2) is 15.4 Å². The summed E-state index contributed by atoms with van der Waals surface area (Å²) in [6.07, 6.45) is 2.64. The first-order valence-electron chi connectivity index (χ1n) is 4.40. The fraction of sp³-hybridized carbons (Fsp3) is 0.200. The van der Waals surface area contributed by atoms with E-state index < -0.39 is 9.84 Å². The molecule has 0 saturated heterocycles. The minimum atomic E-state index is -3.05. The van der Waals surface area contributed by atoms with Gasteiger partial charge in [0.1, 0.15) is 0 Å². The molecule has 0 aliphatic carbocycles. The summed E-state index contributed by atoms with van der Waals surface area (Å²) >= 11 is 0. The van der Waals surface area contributed by atoms with Crippen molar-refractivity contribution < 1.29 is 12.8 Å². The van der Waals surface area contributed by atoms with Gasteiger partial charge in [-0.2, -0.15) is 0 Å². The van der Waals surface area contributed by atoms with Crippen LogP contribution in [0.1, 0.15) is 5.56 Å². The smallest absolute Gasteiger partial charge is 0.157 e. The van der Waals surface area contributed by atoms with E-state index in [0.29, 0.717) is 16.8 Å². The van der Waals surface area contributed by atoms with Crippen LogP contribution in [0.25, 0.3) is 11.0 Å². The second-order valence-corrected chi connectivity index (χ2v) is 5.70. The predicted octanol–water partition coefficient (Wildman–Crippen LogP) is 1.56. The van der Waals surface area contributed by atoms with E-state index in [-0.39, 0.29) is 5.75 Å². The van der Waals surface area contributed by atoms with Gasteiger partial charge in [0, 0.05) is 17.2 Å². The molecule has 0 aliphatic heterocycles. The fourth-order valence-corrected chi connectivity index (χ4v) is 2.32. The molecule has 1 aromatic carbocycles. The maximum absolute atomic E-state index is 11.2. The maximum atomic E-state index is 11.2. The average molecular weight is 225 g/mol. The molecular weight excluding hydrogens is 214 g/mol. The molecule has 2 N–H and O–H groups in total. The van der Waals surface area contributed by atoms with Crippen molar-refractivity contribution in [2.45, 2.75) is 5.75 Å². The first kappa shape index (κ1) is 10.0. The van der Waals surface area contributed by atoms with Gasteiger partial charge in [-0.1, -0.05) is 12.1 Å². The summed E-state index contributed by atoms with van der Waals surface area (Å²) in [6.45, 7) is 0. The number of nitrogen functional groups attached to an aromatic ring is 1. The van der Waals surface area contributed by atoms with Gasteiger partial charge in [0.2, 0.25) is 0 Å². The molecule has 0 spiro atoms. The van der Waals surface area contributed by atoms with Gasteiger partial charge in [0.05, 0.1) is 17.7 Å². The van der Waals surface area contributed by atoms with Crippen molar-refractivity contribution in [2.24, 2.45) is 0 Å². The van der Waals surface area contributed by atoms with E-state index in [1.807, 2.05) is 0 Å². The normalized spacial score (nSPS) is 12.1. The largest absolute Gasteiger partial charge is 0.462 e. The highest BCUT2D eigenvalue weighted by atomic mass is 32.2. The van der Waals surface area contributed by atoms with Crippen LogP contribution in [-0.4, -0.2) is 14.7 Å². The lowest BCUT2D eigenvalue weighted by Gasteiger charge is -1.96. The molecule has 2 rings (SSSR count). The summed E-state index contributed by atoms with van der Waals surface area (Å²) < 4.78 is 27.5. The van der Waals surface area contributed by atoms with Crippen LogP contribution in [0, 0.1) is 0 Å². The first-order valence-corrected chi connectivity index (χ1v) is 6.46. The standard InChI is InChI=1S/C10H11NO3S/c1-15(12,13)6-7-5-14-10-8(7)3-2-4-9(10)11/h2-5H,6,11H2,1H3. The lowest BCUT2D eigenvalue weighted by atomic mass is 10.2. The zero-order chi connectivity index (χ0) is 11.1. The van der Waals surface area contributed by atoms with Gasteiger partial charge >= 0.3 is 0 Å². The topological polar surface area (TPSA) is 73.3 Å². The molecule has 0 atom stereocenters. The van der Waals surface area contributed by atoms with E-state index >= 15 is 0 Å². The molecule has 1 heterocycles. The summed E-state index contributed by atoms with van der Waals surface area (Å²) in [7, 11) is -3.05. The Labute approximate surface area is 87.6 Å². The van der Waals surface area contributed by atoms with Crippen LogP contribution in [0.5, 0.6) is 0 Å². The summed E-state index contributed by atoms with van der Waals surface area (Å²) in [5.74, 6) is -0.0244. The fourth-order valence-electron chi connectivity index (χ4n) is 1.53. The van der Waals surface area contributed by atoms with E-state index in [9.17, 15) is 8.42 Å². The first-order chi connectivity index (χ1) is 6.97. The molecule has 5 heteroatoms. The number of hydrogen-bond donors (Lipinski definition) is 1. The van der Waals surface area contributed by atoms with Gasteiger partial charge in [-0.25, -0.2) is 8.42 Å². The highest BCUT2D eigenvalue weighted by molar-refractivity contribution is 7.89. The third kappa shape index (κ3) is 1.97. The average Bonchev–Trinajstić information content (AvgIpc) is 2.48. The molecule has 2 aromatic rings. The Kier molecular flexibility index (Phi) is 2.19. The molecule has 0 saturated carbocycles. The Morgan fingerprint density at radius 2 is 2.13 bits per heavy atom. The molecule has 0 unspecified atom stereocenters. The predicted molar refractivity (Wildman–Crippen MR) is 59.2 cm³/mol. The Morgan fingerprint density at radius 3 is 2.80 bits per heavy atom. The number of nitrogens with two attached hydrogens (primary N) is 1. The second-order valence-electron chi connectivity index (χ2n) is 3.55. The molecule has 0 aliphatic rings. The van der Waals surface area contributed by atoms with Crippen LogP contribution in [0.4, 0.5) is 5.69 Å². The number of hydrogen-bond acceptors (Lipinski definition) is 4. The van der Waals surface area contributed by atoms with Crippen LogP contribution in [0.2, 0.25) is 0 Å². The van der Waals surface area contributed by atoms with E-state index in [0.717, 1.165) is 5.39 Å².